The Kier molecular flexibility index (Phi) is 3.98. The smallest absolute Gasteiger partial charge is 0.273 e. The van der Waals surface area contributed by atoms with Gasteiger partial charge in [-0.05, 0) is 53.9 Å². The Hall–Kier alpha value is -0.920. The highest BCUT2D eigenvalue weighted by atomic mass is 79.9. The van der Waals surface area contributed by atoms with Crippen molar-refractivity contribution in [1.29, 1.82) is 0 Å². The van der Waals surface area contributed by atoms with E-state index in [1.54, 1.807) is 6.92 Å². The molecule has 0 unspecified atom stereocenters. The molecule has 0 atom stereocenters. The number of hydrogen-bond donors (Lipinski definition) is 1. The molecule has 0 spiro atoms. The number of sulfonamides is 1. The Labute approximate surface area is 125 Å². The van der Waals surface area contributed by atoms with Crippen LogP contribution in [-0.2, 0) is 10.0 Å². The number of anilines is 1. The molecule has 0 amide bonds. The van der Waals surface area contributed by atoms with Crippen LogP contribution in [0.5, 0.6) is 0 Å². The maximum absolute atomic E-state index is 12.2. The van der Waals surface area contributed by atoms with Crippen molar-refractivity contribution in [2.24, 2.45) is 0 Å². The lowest BCUT2D eigenvalue weighted by Gasteiger charge is -2.12. The van der Waals surface area contributed by atoms with Crippen molar-refractivity contribution in [3.05, 3.63) is 38.9 Å². The van der Waals surface area contributed by atoms with E-state index in [4.69, 9.17) is 0 Å². The van der Waals surface area contributed by atoms with E-state index in [1.165, 1.54) is 6.20 Å². The molecular weight excluding hydrogens is 348 g/mol. The Morgan fingerprint density at radius 2 is 1.95 bits per heavy atom. The molecule has 0 aliphatic carbocycles. The molecule has 0 bridgehead atoms. The van der Waals surface area contributed by atoms with Crippen molar-refractivity contribution >= 4 is 43.0 Å². The topological polar surface area (TPSA) is 59.1 Å². The predicted molar refractivity (Wildman–Crippen MR) is 81.3 cm³/mol. The van der Waals surface area contributed by atoms with Crippen LogP contribution in [-0.4, -0.2) is 13.4 Å². The maximum Gasteiger partial charge on any atom is 0.273 e. The fourth-order valence-electron chi connectivity index (χ4n) is 1.70. The normalized spacial score (nSPS) is 11.6. The molecule has 0 fully saturated rings. The fourth-order valence-corrected chi connectivity index (χ4v) is 4.86. The van der Waals surface area contributed by atoms with Gasteiger partial charge in [0.15, 0.2) is 4.21 Å². The van der Waals surface area contributed by atoms with Crippen LogP contribution < -0.4 is 4.72 Å². The summed E-state index contributed by atoms with van der Waals surface area (Å²) in [6.45, 7) is 5.60. The van der Waals surface area contributed by atoms with Crippen molar-refractivity contribution < 1.29 is 8.42 Å². The van der Waals surface area contributed by atoms with Crippen molar-refractivity contribution in [3.63, 3.8) is 0 Å². The van der Waals surface area contributed by atoms with Gasteiger partial charge in [0.05, 0.1) is 16.9 Å². The summed E-state index contributed by atoms with van der Waals surface area (Å²) in [6.07, 6.45) is 1.37. The number of benzene rings is 1. The fraction of sp³-hybridized carbons (Fsp3) is 0.250. The Morgan fingerprint density at radius 1 is 1.26 bits per heavy atom. The second-order valence-electron chi connectivity index (χ2n) is 4.24. The maximum atomic E-state index is 12.2. The molecule has 4 nitrogen and oxygen atoms in total. The van der Waals surface area contributed by atoms with E-state index in [0.717, 1.165) is 31.9 Å². The number of rotatable bonds is 3. The van der Waals surface area contributed by atoms with Crippen LogP contribution in [0.15, 0.2) is 27.0 Å². The highest BCUT2D eigenvalue weighted by molar-refractivity contribution is 9.10. The van der Waals surface area contributed by atoms with Gasteiger partial charge in [-0.3, -0.25) is 4.72 Å². The third-order valence-corrected chi connectivity index (χ3v) is 5.88. The second-order valence-corrected chi connectivity index (χ2v) is 8.24. The lowest BCUT2D eigenvalue weighted by molar-refractivity contribution is 0.603. The van der Waals surface area contributed by atoms with Crippen molar-refractivity contribution in [2.45, 2.75) is 25.0 Å². The molecule has 1 aromatic heterocycles. The Morgan fingerprint density at radius 3 is 2.47 bits per heavy atom. The molecule has 0 saturated heterocycles. The van der Waals surface area contributed by atoms with Crippen LogP contribution in [0.2, 0.25) is 0 Å². The van der Waals surface area contributed by atoms with Crippen molar-refractivity contribution in [2.75, 3.05) is 4.72 Å². The summed E-state index contributed by atoms with van der Waals surface area (Å²) < 4.78 is 28.0. The minimum absolute atomic E-state index is 0.219. The molecule has 2 aromatic rings. The first-order chi connectivity index (χ1) is 8.79. The highest BCUT2D eigenvalue weighted by Crippen LogP contribution is 2.30. The van der Waals surface area contributed by atoms with Gasteiger partial charge in [0.1, 0.15) is 0 Å². The van der Waals surface area contributed by atoms with Gasteiger partial charge in [-0.2, -0.15) is 0 Å². The van der Waals surface area contributed by atoms with Gasteiger partial charge in [-0.1, -0.05) is 6.07 Å². The van der Waals surface area contributed by atoms with Crippen LogP contribution in [0.25, 0.3) is 0 Å². The second kappa shape index (κ2) is 5.22. The molecule has 1 aromatic carbocycles. The summed E-state index contributed by atoms with van der Waals surface area (Å²) in [5, 5.41) is 0.722. The van der Waals surface area contributed by atoms with Gasteiger partial charge in [-0.15, -0.1) is 11.3 Å². The first-order valence-corrected chi connectivity index (χ1v) is 8.61. The number of nitrogens with one attached hydrogen (secondary N) is 1. The summed E-state index contributed by atoms with van der Waals surface area (Å²) in [4.78, 5) is 3.97. The Bertz CT molecular complexity index is 700. The lowest BCUT2D eigenvalue weighted by Crippen LogP contribution is -2.13. The third kappa shape index (κ3) is 3.16. The first-order valence-electron chi connectivity index (χ1n) is 5.51. The zero-order valence-electron chi connectivity index (χ0n) is 10.7. The van der Waals surface area contributed by atoms with E-state index < -0.39 is 10.0 Å². The van der Waals surface area contributed by atoms with Crippen molar-refractivity contribution in [3.8, 4) is 0 Å². The van der Waals surface area contributed by atoms with Crippen LogP contribution in [0, 0.1) is 20.8 Å². The standard InChI is InChI=1S/C12H13BrN2O2S2/c1-7-4-8(2)12(10(13)5-7)15-19(16,17)11-6-14-9(3)18-11/h4-6,15H,1-3H3. The summed E-state index contributed by atoms with van der Waals surface area (Å²) >= 11 is 4.54. The molecule has 1 heterocycles. The average Bonchev–Trinajstić information content (AvgIpc) is 2.71. The number of halogens is 1. The largest absolute Gasteiger partial charge is 0.277 e. The van der Waals surface area contributed by atoms with Gasteiger partial charge >= 0.3 is 0 Å². The van der Waals surface area contributed by atoms with E-state index in [2.05, 4.69) is 25.6 Å². The molecule has 2 rings (SSSR count). The monoisotopic (exact) mass is 360 g/mol. The number of aryl methyl sites for hydroxylation is 3. The Balaban J connectivity index is 2.41. The van der Waals surface area contributed by atoms with Crippen LogP contribution >= 0.6 is 27.3 Å². The average molecular weight is 361 g/mol. The zero-order chi connectivity index (χ0) is 14.2. The van der Waals surface area contributed by atoms with Gasteiger partial charge in [0, 0.05) is 4.47 Å². The molecule has 1 N–H and O–H groups in total. The van der Waals surface area contributed by atoms with E-state index in [-0.39, 0.29) is 4.21 Å². The molecular formula is C12H13BrN2O2S2. The minimum Gasteiger partial charge on any atom is -0.277 e. The van der Waals surface area contributed by atoms with Gasteiger partial charge in [0.25, 0.3) is 10.0 Å². The molecule has 102 valence electrons. The molecule has 0 aliphatic heterocycles. The van der Waals surface area contributed by atoms with Crippen molar-refractivity contribution in [1.82, 2.24) is 4.98 Å². The van der Waals surface area contributed by atoms with E-state index in [9.17, 15) is 8.42 Å². The molecule has 0 saturated carbocycles. The van der Waals surface area contributed by atoms with Gasteiger partial charge < -0.3 is 0 Å². The molecule has 19 heavy (non-hydrogen) atoms. The lowest BCUT2D eigenvalue weighted by atomic mass is 10.1. The third-order valence-electron chi connectivity index (χ3n) is 2.53. The summed E-state index contributed by atoms with van der Waals surface area (Å²) in [7, 11) is -3.57. The number of nitrogens with zero attached hydrogens (tertiary/aromatic N) is 1. The molecule has 0 aliphatic rings. The SMILES string of the molecule is Cc1cc(C)c(NS(=O)(=O)c2cnc(C)s2)c(Br)c1. The van der Waals surface area contributed by atoms with Crippen LogP contribution in [0.1, 0.15) is 16.1 Å². The van der Waals surface area contributed by atoms with Crippen LogP contribution in [0.3, 0.4) is 0 Å². The van der Waals surface area contributed by atoms with Gasteiger partial charge in [-0.25, -0.2) is 13.4 Å². The number of thiazole rings is 1. The van der Waals surface area contributed by atoms with Gasteiger partial charge in [0.2, 0.25) is 0 Å². The molecule has 7 heteroatoms. The highest BCUT2D eigenvalue weighted by Gasteiger charge is 2.19. The quantitative estimate of drug-likeness (QED) is 0.908. The predicted octanol–water partition coefficient (Wildman–Crippen LogP) is 3.63. The van der Waals surface area contributed by atoms with E-state index >= 15 is 0 Å². The summed E-state index contributed by atoms with van der Waals surface area (Å²) in [5.41, 5.74) is 2.51. The summed E-state index contributed by atoms with van der Waals surface area (Å²) in [5.74, 6) is 0. The van der Waals surface area contributed by atoms with E-state index in [1.807, 2.05) is 26.0 Å². The minimum atomic E-state index is -3.57. The first kappa shape index (κ1) is 14.5. The van der Waals surface area contributed by atoms with E-state index in [0.29, 0.717) is 5.69 Å². The number of aromatic nitrogens is 1. The summed E-state index contributed by atoms with van der Waals surface area (Å²) in [6, 6.07) is 3.81. The zero-order valence-corrected chi connectivity index (χ0v) is 13.9. The molecule has 0 radical (unpaired) electrons. The number of hydrogen-bond acceptors (Lipinski definition) is 4. The van der Waals surface area contributed by atoms with Crippen LogP contribution in [0.4, 0.5) is 5.69 Å².